The molecule has 5 nitrogen and oxygen atoms in total. The maximum absolute atomic E-state index is 12.1. The molecule has 1 aromatic carbocycles. The Bertz CT molecular complexity index is 602. The Morgan fingerprint density at radius 1 is 1.23 bits per heavy atom. The number of piperidine rings is 1. The Kier molecular flexibility index (Phi) is 7.50. The molecule has 1 aliphatic rings. The fraction of sp³-hybridized carbons (Fsp3) is 0.650. The number of hydrogen-bond donors (Lipinski definition) is 1. The van der Waals surface area contributed by atoms with Gasteiger partial charge in [-0.2, -0.15) is 0 Å². The third-order valence-corrected chi connectivity index (χ3v) is 5.51. The van der Waals surface area contributed by atoms with Gasteiger partial charge in [-0.1, -0.05) is 0 Å². The minimum atomic E-state index is -0.925. The number of ether oxygens (including phenoxy) is 1. The number of rotatable bonds is 6. The van der Waals surface area contributed by atoms with Crippen molar-refractivity contribution in [3.63, 3.8) is 0 Å². The largest absolute Gasteiger partial charge is 0.444 e. The molecule has 2 rings (SSSR count). The normalized spacial score (nSPS) is 17.0. The van der Waals surface area contributed by atoms with Gasteiger partial charge < -0.3 is 15.0 Å². The number of anilines is 1. The van der Waals surface area contributed by atoms with E-state index in [9.17, 15) is 9.00 Å². The van der Waals surface area contributed by atoms with Gasteiger partial charge in [0, 0.05) is 47.3 Å². The Labute approximate surface area is 159 Å². The molecule has 0 spiro atoms. The summed E-state index contributed by atoms with van der Waals surface area (Å²) in [5.41, 5.74) is 0.642. The second kappa shape index (κ2) is 9.40. The SMILES string of the molecule is CS(=O)c1ccc(NCCCC2CCN(C(=O)OC(C)(C)C)CC2)cc1. The highest BCUT2D eigenvalue weighted by Crippen LogP contribution is 2.23. The molecule has 1 unspecified atom stereocenters. The van der Waals surface area contributed by atoms with Crippen LogP contribution in [0.15, 0.2) is 29.2 Å². The van der Waals surface area contributed by atoms with Crippen LogP contribution in [0.4, 0.5) is 10.5 Å². The molecule has 146 valence electrons. The van der Waals surface area contributed by atoms with Crippen LogP contribution in [0.3, 0.4) is 0 Å². The standard InChI is InChI=1S/C20H32N2O3S/c1-20(2,3)25-19(23)22-14-11-16(12-15-22)6-5-13-21-17-7-9-18(10-8-17)26(4)24/h7-10,16,21H,5-6,11-15H2,1-4H3. The van der Waals surface area contributed by atoms with E-state index in [0.29, 0.717) is 5.92 Å². The molecule has 0 aliphatic carbocycles. The van der Waals surface area contributed by atoms with Crippen molar-refractivity contribution in [3.05, 3.63) is 24.3 Å². The molecule has 1 atom stereocenters. The molecule has 1 aliphatic heterocycles. The fourth-order valence-electron chi connectivity index (χ4n) is 3.12. The fourth-order valence-corrected chi connectivity index (χ4v) is 3.64. The number of hydrogen-bond acceptors (Lipinski definition) is 4. The summed E-state index contributed by atoms with van der Waals surface area (Å²) in [6.07, 6.45) is 5.89. The highest BCUT2D eigenvalue weighted by Gasteiger charge is 2.26. The topological polar surface area (TPSA) is 58.6 Å². The van der Waals surface area contributed by atoms with E-state index in [0.717, 1.165) is 49.5 Å². The van der Waals surface area contributed by atoms with Gasteiger partial charge in [-0.25, -0.2) is 4.79 Å². The quantitative estimate of drug-likeness (QED) is 0.749. The Morgan fingerprint density at radius 3 is 2.38 bits per heavy atom. The second-order valence-corrected chi connectivity index (χ2v) is 9.34. The highest BCUT2D eigenvalue weighted by atomic mass is 32.2. The van der Waals surface area contributed by atoms with E-state index in [2.05, 4.69) is 5.32 Å². The first-order valence-electron chi connectivity index (χ1n) is 9.40. The average Bonchev–Trinajstić information content (AvgIpc) is 2.58. The van der Waals surface area contributed by atoms with E-state index in [1.807, 2.05) is 49.9 Å². The smallest absolute Gasteiger partial charge is 0.410 e. The lowest BCUT2D eigenvalue weighted by atomic mass is 9.92. The van der Waals surface area contributed by atoms with E-state index in [-0.39, 0.29) is 6.09 Å². The lowest BCUT2D eigenvalue weighted by Crippen LogP contribution is -2.41. The predicted molar refractivity (Wildman–Crippen MR) is 107 cm³/mol. The Morgan fingerprint density at radius 2 is 1.85 bits per heavy atom. The van der Waals surface area contributed by atoms with Gasteiger partial charge in [-0.3, -0.25) is 4.21 Å². The molecule has 0 radical (unpaired) electrons. The number of carbonyl (C=O) groups is 1. The molecule has 6 heteroatoms. The summed E-state index contributed by atoms with van der Waals surface area (Å²) in [5.74, 6) is 0.681. The Balaban J connectivity index is 1.63. The van der Waals surface area contributed by atoms with Crippen molar-refractivity contribution in [2.75, 3.05) is 31.2 Å². The van der Waals surface area contributed by atoms with E-state index in [1.54, 1.807) is 6.26 Å². The van der Waals surface area contributed by atoms with Crippen molar-refractivity contribution in [2.45, 2.75) is 57.0 Å². The monoisotopic (exact) mass is 380 g/mol. The predicted octanol–water partition coefficient (Wildman–Crippen LogP) is 4.26. The van der Waals surface area contributed by atoms with E-state index in [4.69, 9.17) is 4.74 Å². The summed E-state index contributed by atoms with van der Waals surface area (Å²) < 4.78 is 16.8. The lowest BCUT2D eigenvalue weighted by molar-refractivity contribution is 0.0181. The maximum Gasteiger partial charge on any atom is 0.410 e. The second-order valence-electron chi connectivity index (χ2n) is 7.96. The average molecular weight is 381 g/mol. The summed E-state index contributed by atoms with van der Waals surface area (Å²) in [7, 11) is -0.925. The zero-order valence-corrected chi connectivity index (χ0v) is 17.2. The van der Waals surface area contributed by atoms with Crippen LogP contribution >= 0.6 is 0 Å². The van der Waals surface area contributed by atoms with E-state index in [1.165, 1.54) is 6.42 Å². The van der Waals surface area contributed by atoms with Gasteiger partial charge in [0.1, 0.15) is 5.60 Å². The third-order valence-electron chi connectivity index (χ3n) is 4.57. The first kappa shape index (κ1) is 20.7. The summed E-state index contributed by atoms with van der Waals surface area (Å²) in [5, 5.41) is 3.42. The zero-order valence-electron chi connectivity index (χ0n) is 16.4. The van der Waals surface area contributed by atoms with Crippen molar-refractivity contribution >= 4 is 22.6 Å². The molecule has 0 aromatic heterocycles. The minimum absolute atomic E-state index is 0.186. The Hall–Kier alpha value is -1.56. The van der Waals surface area contributed by atoms with Crippen LogP contribution in [0.25, 0.3) is 0 Å². The van der Waals surface area contributed by atoms with Crippen LogP contribution in [-0.4, -0.2) is 46.7 Å². The molecule has 26 heavy (non-hydrogen) atoms. The number of nitrogens with zero attached hydrogens (tertiary/aromatic N) is 1. The van der Waals surface area contributed by atoms with Crippen LogP contribution in [0.1, 0.15) is 46.5 Å². The summed E-state index contributed by atoms with van der Waals surface area (Å²) in [4.78, 5) is 14.8. The molecular weight excluding hydrogens is 348 g/mol. The van der Waals surface area contributed by atoms with Crippen molar-refractivity contribution < 1.29 is 13.7 Å². The van der Waals surface area contributed by atoms with Gasteiger partial charge in [0.2, 0.25) is 0 Å². The van der Waals surface area contributed by atoms with E-state index < -0.39 is 16.4 Å². The number of nitrogens with one attached hydrogen (secondary N) is 1. The molecule has 1 fully saturated rings. The van der Waals surface area contributed by atoms with Crippen LogP contribution in [0.2, 0.25) is 0 Å². The molecule has 1 aromatic rings. The minimum Gasteiger partial charge on any atom is -0.444 e. The lowest BCUT2D eigenvalue weighted by Gasteiger charge is -2.33. The summed E-state index contributed by atoms with van der Waals surface area (Å²) >= 11 is 0. The molecule has 1 amide bonds. The molecule has 0 bridgehead atoms. The first-order valence-corrected chi connectivity index (χ1v) is 11.0. The zero-order chi connectivity index (χ0) is 19.2. The van der Waals surface area contributed by atoms with Crippen LogP contribution in [0.5, 0.6) is 0 Å². The van der Waals surface area contributed by atoms with Crippen molar-refractivity contribution in [1.82, 2.24) is 4.90 Å². The number of carbonyl (C=O) groups excluding carboxylic acids is 1. The highest BCUT2D eigenvalue weighted by molar-refractivity contribution is 7.84. The number of likely N-dealkylation sites (tertiary alicyclic amines) is 1. The molecule has 1 saturated heterocycles. The van der Waals surface area contributed by atoms with Gasteiger partial charge in [0.15, 0.2) is 0 Å². The van der Waals surface area contributed by atoms with Gasteiger partial charge in [0.25, 0.3) is 0 Å². The van der Waals surface area contributed by atoms with Gasteiger partial charge in [-0.05, 0) is 76.6 Å². The molecule has 0 saturated carbocycles. The maximum atomic E-state index is 12.1. The van der Waals surface area contributed by atoms with Gasteiger partial charge in [0.05, 0.1) is 0 Å². The van der Waals surface area contributed by atoms with Gasteiger partial charge in [-0.15, -0.1) is 0 Å². The van der Waals surface area contributed by atoms with Gasteiger partial charge >= 0.3 is 6.09 Å². The summed E-state index contributed by atoms with van der Waals surface area (Å²) in [6, 6.07) is 7.78. The van der Waals surface area contributed by atoms with Crippen molar-refractivity contribution in [1.29, 1.82) is 0 Å². The van der Waals surface area contributed by atoms with Crippen molar-refractivity contribution in [3.8, 4) is 0 Å². The third kappa shape index (κ3) is 6.98. The first-order chi connectivity index (χ1) is 12.2. The van der Waals surface area contributed by atoms with Crippen LogP contribution < -0.4 is 5.32 Å². The number of amides is 1. The van der Waals surface area contributed by atoms with E-state index >= 15 is 0 Å². The van der Waals surface area contributed by atoms with Crippen LogP contribution in [-0.2, 0) is 15.5 Å². The van der Waals surface area contributed by atoms with Crippen molar-refractivity contribution in [2.24, 2.45) is 5.92 Å². The molecular formula is C20H32N2O3S. The summed E-state index contributed by atoms with van der Waals surface area (Å²) in [6.45, 7) is 8.23. The molecule has 1 N–H and O–H groups in total. The number of benzene rings is 1. The van der Waals surface area contributed by atoms with Crippen LogP contribution in [0, 0.1) is 5.92 Å². The molecule has 1 heterocycles.